The van der Waals surface area contributed by atoms with Crippen LogP contribution in [0, 0.1) is 0 Å². The molecule has 6 aliphatic heterocycles. The fraction of sp³-hybridized carbons (Fsp3) is 0.667. The van der Waals surface area contributed by atoms with Gasteiger partial charge in [-0.3, -0.25) is 0 Å². The summed E-state index contributed by atoms with van der Waals surface area (Å²) in [5.41, 5.74) is 0.516. The SMILES string of the molecule is C=C(Br)CC(CCC12CC3OC4C(O1)[C@H]1OC(CCO)CCC1O[C@H]4C3O2)OC(=O)c1ccccc1. The van der Waals surface area contributed by atoms with Crippen LogP contribution in [0.25, 0.3) is 0 Å². The summed E-state index contributed by atoms with van der Waals surface area (Å²) in [5.74, 6) is -1.21. The number of fused-ring (bicyclic) bond motifs is 1. The van der Waals surface area contributed by atoms with Crippen molar-refractivity contribution in [1.82, 2.24) is 0 Å². The van der Waals surface area contributed by atoms with Gasteiger partial charge in [-0.1, -0.05) is 40.7 Å². The average molecular weight is 565 g/mol. The molecule has 0 radical (unpaired) electrons. The van der Waals surface area contributed by atoms with Crippen LogP contribution in [0.3, 0.4) is 0 Å². The number of halogens is 1. The minimum absolute atomic E-state index is 0.0148. The smallest absolute Gasteiger partial charge is 0.338 e. The van der Waals surface area contributed by atoms with Gasteiger partial charge in [0.2, 0.25) is 0 Å². The zero-order valence-electron chi connectivity index (χ0n) is 20.1. The predicted molar refractivity (Wildman–Crippen MR) is 132 cm³/mol. The third-order valence-corrected chi connectivity index (χ3v) is 8.38. The van der Waals surface area contributed by atoms with Crippen LogP contribution >= 0.6 is 15.9 Å². The predicted octanol–water partition coefficient (Wildman–Crippen LogP) is 3.64. The molecule has 36 heavy (non-hydrogen) atoms. The zero-order chi connectivity index (χ0) is 24.9. The maximum Gasteiger partial charge on any atom is 0.338 e. The number of hydrogen-bond acceptors (Lipinski definition) is 8. The molecule has 1 aromatic rings. The van der Waals surface area contributed by atoms with Crippen LogP contribution in [0.4, 0.5) is 0 Å². The molecule has 0 aliphatic carbocycles. The fourth-order valence-electron chi connectivity index (χ4n) is 6.46. The summed E-state index contributed by atoms with van der Waals surface area (Å²) in [7, 11) is 0. The van der Waals surface area contributed by atoms with Crippen molar-refractivity contribution in [2.75, 3.05) is 6.61 Å². The first-order valence-corrected chi connectivity index (χ1v) is 13.8. The molecule has 196 valence electrons. The fourth-order valence-corrected chi connectivity index (χ4v) is 6.82. The normalized spacial score (nSPS) is 40.9. The molecule has 0 amide bonds. The van der Waals surface area contributed by atoms with Gasteiger partial charge in [0, 0.05) is 25.9 Å². The highest BCUT2D eigenvalue weighted by Crippen LogP contribution is 2.54. The van der Waals surface area contributed by atoms with Crippen molar-refractivity contribution in [3.63, 3.8) is 0 Å². The van der Waals surface area contributed by atoms with Crippen LogP contribution in [-0.4, -0.2) is 78.4 Å². The lowest BCUT2D eigenvalue weighted by molar-refractivity contribution is -0.293. The average Bonchev–Trinajstić information content (AvgIpc) is 3.28. The Balaban J connectivity index is 1.18. The molecule has 0 aromatic heterocycles. The van der Waals surface area contributed by atoms with E-state index in [2.05, 4.69) is 22.5 Å². The highest BCUT2D eigenvalue weighted by molar-refractivity contribution is 9.11. The molecule has 6 aliphatic rings. The van der Waals surface area contributed by atoms with Crippen LogP contribution in [-0.2, 0) is 28.4 Å². The molecule has 1 aromatic carbocycles. The lowest BCUT2D eigenvalue weighted by Crippen LogP contribution is -2.61. The van der Waals surface area contributed by atoms with Gasteiger partial charge < -0.3 is 33.5 Å². The summed E-state index contributed by atoms with van der Waals surface area (Å²) in [5, 5.41) is 9.42. The van der Waals surface area contributed by atoms with Crippen LogP contribution in [0.2, 0.25) is 0 Å². The van der Waals surface area contributed by atoms with E-state index >= 15 is 0 Å². The van der Waals surface area contributed by atoms with E-state index in [0.29, 0.717) is 37.7 Å². The summed E-state index contributed by atoms with van der Waals surface area (Å²) >= 11 is 3.43. The van der Waals surface area contributed by atoms with Gasteiger partial charge in [0.05, 0.1) is 23.9 Å². The number of rotatable bonds is 9. The Bertz CT molecular complexity index is 974. The minimum Gasteiger partial charge on any atom is -0.458 e. The number of esters is 1. The second kappa shape index (κ2) is 10.1. The number of aliphatic hydroxyl groups is 1. The Labute approximate surface area is 219 Å². The molecular weight excluding hydrogens is 532 g/mol. The largest absolute Gasteiger partial charge is 0.458 e. The standard InChI is InChI=1S/C27H33BrO8/c1-15(28)13-18(32-26(30)16-5-3-2-4-6-16)9-11-27-14-20-22(35-27)23-24(34-20)25(36-27)21-19(33-23)8-7-17(31-21)10-12-29/h2-6,17-25,29H,1,7-14H2/t17?,18?,19?,20?,21-,22?,23-,24?,25?,27?/m0/s1. The number of carbonyl (C=O) groups excluding carboxylic acids is 1. The maximum absolute atomic E-state index is 12.7. The van der Waals surface area contributed by atoms with E-state index in [4.69, 9.17) is 28.4 Å². The first-order valence-electron chi connectivity index (χ1n) is 13.0. The van der Waals surface area contributed by atoms with Gasteiger partial charge in [-0.05, 0) is 42.3 Å². The van der Waals surface area contributed by atoms with Crippen LogP contribution < -0.4 is 0 Å². The lowest BCUT2D eigenvalue weighted by Gasteiger charge is -2.47. The van der Waals surface area contributed by atoms with E-state index in [0.717, 1.165) is 17.3 Å². The lowest BCUT2D eigenvalue weighted by atomic mass is 9.87. The van der Waals surface area contributed by atoms with Crippen LogP contribution in [0.15, 0.2) is 41.4 Å². The van der Waals surface area contributed by atoms with Crippen molar-refractivity contribution in [1.29, 1.82) is 0 Å². The van der Waals surface area contributed by atoms with E-state index in [1.165, 1.54) is 0 Å². The van der Waals surface area contributed by atoms with Gasteiger partial charge in [0.15, 0.2) is 5.79 Å². The number of benzene rings is 1. The molecule has 8 unspecified atom stereocenters. The summed E-state index contributed by atoms with van der Waals surface area (Å²) in [6, 6.07) is 8.99. The third kappa shape index (κ3) is 4.68. The molecule has 0 saturated carbocycles. The van der Waals surface area contributed by atoms with Gasteiger partial charge in [0.25, 0.3) is 0 Å². The Hall–Kier alpha value is -1.33. The first kappa shape index (κ1) is 25.0. The quantitative estimate of drug-likeness (QED) is 0.454. The maximum atomic E-state index is 12.7. The molecule has 6 saturated heterocycles. The first-order chi connectivity index (χ1) is 17.4. The van der Waals surface area contributed by atoms with Gasteiger partial charge >= 0.3 is 5.97 Å². The van der Waals surface area contributed by atoms with Crippen LogP contribution in [0.5, 0.6) is 0 Å². The second-order valence-electron chi connectivity index (χ2n) is 10.5. The summed E-state index contributed by atoms with van der Waals surface area (Å²) in [4.78, 5) is 12.7. The summed E-state index contributed by atoms with van der Waals surface area (Å²) in [6.45, 7) is 4.05. The van der Waals surface area contributed by atoms with Crippen molar-refractivity contribution in [2.24, 2.45) is 0 Å². The van der Waals surface area contributed by atoms with Crippen molar-refractivity contribution < 1.29 is 38.3 Å². The highest BCUT2D eigenvalue weighted by Gasteiger charge is 2.68. The molecule has 6 fully saturated rings. The Morgan fingerprint density at radius 2 is 1.81 bits per heavy atom. The summed E-state index contributed by atoms with van der Waals surface area (Å²) < 4.78 is 39.2. The van der Waals surface area contributed by atoms with Crippen molar-refractivity contribution in [2.45, 2.75) is 106 Å². The molecule has 0 spiro atoms. The van der Waals surface area contributed by atoms with Crippen molar-refractivity contribution in [3.8, 4) is 0 Å². The van der Waals surface area contributed by atoms with E-state index in [9.17, 15) is 9.90 Å². The van der Waals surface area contributed by atoms with E-state index in [1.807, 2.05) is 18.2 Å². The van der Waals surface area contributed by atoms with Crippen molar-refractivity contribution in [3.05, 3.63) is 47.0 Å². The van der Waals surface area contributed by atoms with Gasteiger partial charge in [-0.2, -0.15) is 0 Å². The highest BCUT2D eigenvalue weighted by atomic mass is 79.9. The third-order valence-electron chi connectivity index (χ3n) is 8.06. The molecule has 6 bridgehead atoms. The number of aliphatic hydroxyl groups excluding tert-OH is 1. The van der Waals surface area contributed by atoms with Gasteiger partial charge in [-0.15, -0.1) is 0 Å². The minimum atomic E-state index is -0.847. The van der Waals surface area contributed by atoms with Gasteiger partial charge in [-0.25, -0.2) is 4.79 Å². The van der Waals surface area contributed by atoms with E-state index in [1.54, 1.807) is 12.1 Å². The zero-order valence-corrected chi connectivity index (χ0v) is 21.7. The Morgan fingerprint density at radius 1 is 1.06 bits per heavy atom. The Morgan fingerprint density at radius 3 is 2.58 bits per heavy atom. The molecule has 7 rings (SSSR count). The molecular formula is C27H33BrO8. The molecule has 10 atom stereocenters. The number of hydrogen-bond donors (Lipinski definition) is 1. The number of ether oxygens (including phenoxy) is 6. The van der Waals surface area contributed by atoms with E-state index < -0.39 is 5.79 Å². The Kier molecular flexibility index (Phi) is 7.00. The number of carbonyl (C=O) groups is 1. The monoisotopic (exact) mass is 564 g/mol. The molecule has 6 heterocycles. The molecule has 1 N–H and O–H groups in total. The van der Waals surface area contributed by atoms with E-state index in [-0.39, 0.29) is 67.5 Å². The van der Waals surface area contributed by atoms with Crippen LogP contribution in [0.1, 0.15) is 55.3 Å². The van der Waals surface area contributed by atoms with Crippen molar-refractivity contribution >= 4 is 21.9 Å². The molecule has 9 heteroatoms. The second-order valence-corrected chi connectivity index (χ2v) is 11.6. The summed E-state index contributed by atoms with van der Waals surface area (Å²) in [6.07, 6.45) is 2.84. The topological polar surface area (TPSA) is 92.7 Å². The van der Waals surface area contributed by atoms with Gasteiger partial charge in [0.1, 0.15) is 36.6 Å². The molecule has 8 nitrogen and oxygen atoms in total.